The first-order chi connectivity index (χ1) is 10.3. The summed E-state index contributed by atoms with van der Waals surface area (Å²) >= 11 is 0. The highest BCUT2D eigenvalue weighted by Gasteiger charge is 2.40. The Morgan fingerprint density at radius 2 is 1.65 bits per heavy atom. The van der Waals surface area contributed by atoms with Gasteiger partial charge in [0.15, 0.2) is 0 Å². The maximum atomic E-state index is 12.2. The second-order valence-electron chi connectivity index (χ2n) is 8.15. The van der Waals surface area contributed by atoms with Crippen LogP contribution < -0.4 is 0 Å². The van der Waals surface area contributed by atoms with E-state index < -0.39 is 17.6 Å². The lowest BCUT2D eigenvalue weighted by atomic mass is 9.68. The normalized spacial score (nSPS) is 18.5. The second kappa shape index (κ2) is 8.84. The van der Waals surface area contributed by atoms with Crippen molar-refractivity contribution in [2.24, 2.45) is 16.7 Å². The van der Waals surface area contributed by atoms with Gasteiger partial charge in [-0.3, -0.25) is 4.79 Å². The van der Waals surface area contributed by atoms with Crippen molar-refractivity contribution in [1.82, 2.24) is 0 Å². The predicted molar refractivity (Wildman–Crippen MR) is 94.0 cm³/mol. The molecule has 0 bridgehead atoms. The summed E-state index contributed by atoms with van der Waals surface area (Å²) in [7, 11) is 0. The van der Waals surface area contributed by atoms with Gasteiger partial charge in [0.05, 0.1) is 18.1 Å². The van der Waals surface area contributed by atoms with Crippen molar-refractivity contribution >= 4 is 5.97 Å². The first kappa shape index (κ1) is 22.1. The summed E-state index contributed by atoms with van der Waals surface area (Å²) in [4.78, 5) is 12.2. The average Bonchev–Trinajstić information content (AvgIpc) is 2.35. The molecule has 0 aliphatic heterocycles. The second-order valence-corrected chi connectivity index (χ2v) is 8.15. The van der Waals surface area contributed by atoms with Crippen molar-refractivity contribution in [3.05, 3.63) is 12.2 Å². The topological polar surface area (TPSA) is 66.8 Å². The Morgan fingerprint density at radius 3 is 2.09 bits per heavy atom. The fraction of sp³-hybridized carbons (Fsp3) is 0.842. The molecule has 0 aromatic rings. The highest BCUT2D eigenvalue weighted by Crippen LogP contribution is 2.39. The fourth-order valence-electron chi connectivity index (χ4n) is 3.35. The van der Waals surface area contributed by atoms with E-state index in [1.165, 1.54) is 0 Å². The van der Waals surface area contributed by atoms with Gasteiger partial charge in [-0.05, 0) is 32.6 Å². The van der Waals surface area contributed by atoms with Crippen LogP contribution in [0.4, 0.5) is 0 Å². The quantitative estimate of drug-likeness (QED) is 0.500. The molecule has 0 aromatic carbocycles. The van der Waals surface area contributed by atoms with Crippen LogP contribution in [0, 0.1) is 16.7 Å². The van der Waals surface area contributed by atoms with Crippen molar-refractivity contribution in [3.8, 4) is 0 Å². The zero-order valence-corrected chi connectivity index (χ0v) is 16.1. The molecule has 4 heteroatoms. The lowest BCUT2D eigenvalue weighted by Crippen LogP contribution is -2.42. The molecule has 0 saturated carbocycles. The molecule has 0 fully saturated rings. The molecular weight excluding hydrogens is 292 g/mol. The number of hydrogen-bond donors (Lipinski definition) is 2. The molecule has 4 atom stereocenters. The molecule has 136 valence electrons. The number of aliphatic hydroxyl groups is 2. The molecule has 0 saturated heterocycles. The molecule has 0 heterocycles. The summed E-state index contributed by atoms with van der Waals surface area (Å²) in [5, 5.41) is 20.1. The van der Waals surface area contributed by atoms with Gasteiger partial charge < -0.3 is 14.9 Å². The van der Waals surface area contributed by atoms with Crippen LogP contribution in [0.15, 0.2) is 12.2 Å². The molecular formula is C19H36O4. The Morgan fingerprint density at radius 1 is 1.13 bits per heavy atom. The highest BCUT2D eigenvalue weighted by atomic mass is 16.5. The maximum absolute atomic E-state index is 12.2. The average molecular weight is 328 g/mol. The number of rotatable bonds is 9. The minimum absolute atomic E-state index is 0.276. The summed E-state index contributed by atoms with van der Waals surface area (Å²) in [5.74, 6) is -0.584. The van der Waals surface area contributed by atoms with Gasteiger partial charge in [0, 0.05) is 11.8 Å². The first-order valence-electron chi connectivity index (χ1n) is 8.54. The number of hydrogen-bond acceptors (Lipinski definition) is 4. The molecule has 4 nitrogen and oxygen atoms in total. The Balaban J connectivity index is 4.79. The SMILES string of the molecule is CC=CC(C)(C)C(O)C(C)(C)CC(C)C(=O)OC(C)CC(C)O. The molecule has 0 spiro atoms. The Labute approximate surface area is 141 Å². The largest absolute Gasteiger partial charge is 0.462 e. The van der Waals surface area contributed by atoms with Crippen LogP contribution in [0.25, 0.3) is 0 Å². The molecule has 23 heavy (non-hydrogen) atoms. The van der Waals surface area contributed by atoms with Crippen molar-refractivity contribution in [3.63, 3.8) is 0 Å². The molecule has 2 N–H and O–H groups in total. The third-order valence-electron chi connectivity index (χ3n) is 4.27. The van der Waals surface area contributed by atoms with E-state index in [-0.39, 0.29) is 23.4 Å². The van der Waals surface area contributed by atoms with Crippen molar-refractivity contribution in [1.29, 1.82) is 0 Å². The van der Waals surface area contributed by atoms with E-state index in [0.29, 0.717) is 12.8 Å². The van der Waals surface area contributed by atoms with Gasteiger partial charge in [-0.2, -0.15) is 0 Å². The van der Waals surface area contributed by atoms with E-state index in [9.17, 15) is 15.0 Å². The van der Waals surface area contributed by atoms with Crippen LogP contribution in [0.2, 0.25) is 0 Å². The third kappa shape index (κ3) is 7.49. The lowest BCUT2D eigenvalue weighted by molar-refractivity contribution is -0.156. The van der Waals surface area contributed by atoms with E-state index in [1.807, 2.05) is 53.7 Å². The summed E-state index contributed by atoms with van der Waals surface area (Å²) in [6, 6.07) is 0. The highest BCUT2D eigenvalue weighted by molar-refractivity contribution is 5.72. The van der Waals surface area contributed by atoms with E-state index in [0.717, 1.165) is 0 Å². The number of carbonyl (C=O) groups excluding carboxylic acids is 1. The van der Waals surface area contributed by atoms with E-state index in [1.54, 1.807) is 13.8 Å². The van der Waals surface area contributed by atoms with Crippen molar-refractivity contribution < 1.29 is 19.7 Å². The Hall–Kier alpha value is -0.870. The van der Waals surface area contributed by atoms with Crippen LogP contribution in [0.3, 0.4) is 0 Å². The molecule has 0 rings (SSSR count). The van der Waals surface area contributed by atoms with Crippen LogP contribution in [-0.4, -0.2) is 34.5 Å². The van der Waals surface area contributed by atoms with Crippen LogP contribution >= 0.6 is 0 Å². The summed E-state index contributed by atoms with van der Waals surface area (Å²) in [5.41, 5.74) is -0.781. The van der Waals surface area contributed by atoms with E-state index >= 15 is 0 Å². The smallest absolute Gasteiger partial charge is 0.308 e. The van der Waals surface area contributed by atoms with Gasteiger partial charge in [0.2, 0.25) is 0 Å². The lowest BCUT2D eigenvalue weighted by Gasteiger charge is -2.40. The van der Waals surface area contributed by atoms with Crippen molar-refractivity contribution in [2.75, 3.05) is 0 Å². The minimum atomic E-state index is -0.573. The standard InChI is InChI=1S/C19H36O4/c1-9-10-18(5,6)17(22)19(7,8)12-13(2)16(21)23-15(4)11-14(3)20/h9-10,13-15,17,20,22H,11-12H2,1-8H3. The van der Waals surface area contributed by atoms with Gasteiger partial charge in [-0.1, -0.05) is 46.8 Å². The van der Waals surface area contributed by atoms with Gasteiger partial charge in [0.25, 0.3) is 0 Å². The first-order valence-corrected chi connectivity index (χ1v) is 8.54. The van der Waals surface area contributed by atoms with E-state index in [2.05, 4.69) is 0 Å². The van der Waals surface area contributed by atoms with Crippen LogP contribution in [-0.2, 0) is 9.53 Å². The zero-order valence-electron chi connectivity index (χ0n) is 16.1. The summed E-state index contributed by atoms with van der Waals surface area (Å²) < 4.78 is 5.39. The van der Waals surface area contributed by atoms with Crippen LogP contribution in [0.1, 0.15) is 68.2 Å². The number of ether oxygens (including phenoxy) is 1. The third-order valence-corrected chi connectivity index (χ3v) is 4.27. The van der Waals surface area contributed by atoms with Gasteiger partial charge in [-0.15, -0.1) is 0 Å². The molecule has 0 aliphatic carbocycles. The zero-order chi connectivity index (χ0) is 18.4. The number of allylic oxidation sites excluding steroid dienone is 1. The van der Waals surface area contributed by atoms with Gasteiger partial charge in [-0.25, -0.2) is 0 Å². The molecule has 0 radical (unpaired) electrons. The van der Waals surface area contributed by atoms with Gasteiger partial charge in [0.1, 0.15) is 6.10 Å². The molecule has 4 unspecified atom stereocenters. The summed E-state index contributed by atoms with van der Waals surface area (Å²) in [6.07, 6.45) is 3.53. The monoisotopic (exact) mass is 328 g/mol. The molecule has 0 aromatic heterocycles. The number of aliphatic hydroxyl groups excluding tert-OH is 2. The molecule has 0 aliphatic rings. The Kier molecular flexibility index (Phi) is 8.50. The van der Waals surface area contributed by atoms with Crippen LogP contribution in [0.5, 0.6) is 0 Å². The summed E-state index contributed by atoms with van der Waals surface area (Å²) in [6.45, 7) is 15.2. The number of carbonyl (C=O) groups is 1. The van der Waals surface area contributed by atoms with Gasteiger partial charge >= 0.3 is 5.97 Å². The predicted octanol–water partition coefficient (Wildman–Crippen LogP) is 3.70. The maximum Gasteiger partial charge on any atom is 0.308 e. The Bertz CT molecular complexity index is 396. The minimum Gasteiger partial charge on any atom is -0.462 e. The van der Waals surface area contributed by atoms with Crippen molar-refractivity contribution in [2.45, 2.75) is 86.5 Å². The number of esters is 1. The molecule has 0 amide bonds. The fourth-order valence-corrected chi connectivity index (χ4v) is 3.35. The van der Waals surface area contributed by atoms with E-state index in [4.69, 9.17) is 4.74 Å².